The summed E-state index contributed by atoms with van der Waals surface area (Å²) in [6.45, 7) is 4.37. The highest BCUT2D eigenvalue weighted by atomic mass is 14.8. The molecule has 1 heteroatoms. The Balaban J connectivity index is 2.01. The first-order chi connectivity index (χ1) is 8.92. The number of nitrogens with one attached hydrogen (secondary N) is 1. The average molecular weight is 239 g/mol. The Bertz CT molecular complexity index is 509. The third-order valence-corrected chi connectivity index (χ3v) is 3.04. The lowest BCUT2D eigenvalue weighted by Crippen LogP contribution is -2.14. The van der Waals surface area contributed by atoms with Gasteiger partial charge >= 0.3 is 0 Å². The van der Waals surface area contributed by atoms with E-state index < -0.39 is 0 Å². The van der Waals surface area contributed by atoms with Gasteiger partial charge in [0, 0.05) is 0 Å². The van der Waals surface area contributed by atoms with E-state index in [4.69, 9.17) is 0 Å². The van der Waals surface area contributed by atoms with E-state index in [1.54, 1.807) is 0 Å². The fourth-order valence-electron chi connectivity index (χ4n) is 2.09. The maximum Gasteiger partial charge on any atom is -0.00142 e. The monoisotopic (exact) mass is 239 g/mol. The zero-order valence-electron chi connectivity index (χ0n) is 11.0. The van der Waals surface area contributed by atoms with Crippen molar-refractivity contribution >= 4 is 16.8 Å². The van der Waals surface area contributed by atoms with Gasteiger partial charge < -0.3 is 5.32 Å². The molecule has 0 heterocycles. The molecule has 94 valence electrons. The van der Waals surface area contributed by atoms with Crippen molar-refractivity contribution in [2.45, 2.75) is 19.8 Å². The van der Waals surface area contributed by atoms with Crippen molar-refractivity contribution in [3.8, 4) is 0 Å². The molecule has 0 aliphatic heterocycles. The van der Waals surface area contributed by atoms with Crippen LogP contribution in [-0.2, 0) is 0 Å². The van der Waals surface area contributed by atoms with Gasteiger partial charge in [-0.15, -0.1) is 0 Å². The van der Waals surface area contributed by atoms with Gasteiger partial charge in [-0.05, 0) is 42.3 Å². The molecule has 0 aliphatic rings. The third-order valence-electron chi connectivity index (χ3n) is 3.04. The van der Waals surface area contributed by atoms with Gasteiger partial charge in [-0.2, -0.15) is 0 Å². The van der Waals surface area contributed by atoms with Gasteiger partial charge in [0.25, 0.3) is 0 Å². The van der Waals surface area contributed by atoms with Crippen LogP contribution < -0.4 is 5.32 Å². The van der Waals surface area contributed by atoms with Gasteiger partial charge in [-0.25, -0.2) is 0 Å². The summed E-state index contributed by atoms with van der Waals surface area (Å²) in [6, 6.07) is 15.0. The van der Waals surface area contributed by atoms with Crippen molar-refractivity contribution in [2.75, 3.05) is 13.1 Å². The first-order valence-corrected chi connectivity index (χ1v) is 6.77. The third kappa shape index (κ3) is 3.44. The molecular formula is C17H21N. The molecule has 18 heavy (non-hydrogen) atoms. The predicted molar refractivity (Wildman–Crippen MR) is 80.8 cm³/mol. The Labute approximate surface area is 110 Å². The van der Waals surface area contributed by atoms with Crippen LogP contribution in [0.1, 0.15) is 25.3 Å². The Morgan fingerprint density at radius 3 is 2.72 bits per heavy atom. The lowest BCUT2D eigenvalue weighted by molar-refractivity contribution is 0.679. The summed E-state index contributed by atoms with van der Waals surface area (Å²) in [5.74, 6) is 0. The van der Waals surface area contributed by atoms with Crippen molar-refractivity contribution in [3.63, 3.8) is 0 Å². The van der Waals surface area contributed by atoms with Crippen LogP contribution in [0.4, 0.5) is 0 Å². The molecule has 2 aromatic carbocycles. The number of fused-ring (bicyclic) bond motifs is 1. The van der Waals surface area contributed by atoms with E-state index in [1.165, 1.54) is 22.8 Å². The van der Waals surface area contributed by atoms with Crippen LogP contribution in [0.5, 0.6) is 0 Å². The van der Waals surface area contributed by atoms with E-state index in [1.807, 2.05) is 0 Å². The summed E-state index contributed by atoms with van der Waals surface area (Å²) in [5.41, 5.74) is 1.31. The smallest absolute Gasteiger partial charge is 0.00142 e. The molecule has 1 nitrogen and oxygen atoms in total. The van der Waals surface area contributed by atoms with E-state index in [9.17, 15) is 0 Å². The maximum absolute atomic E-state index is 3.41. The molecule has 0 spiro atoms. The summed E-state index contributed by atoms with van der Waals surface area (Å²) in [4.78, 5) is 0. The summed E-state index contributed by atoms with van der Waals surface area (Å²) >= 11 is 0. The summed E-state index contributed by atoms with van der Waals surface area (Å²) in [6.07, 6.45) is 6.77. The second-order valence-electron chi connectivity index (χ2n) is 4.51. The first kappa shape index (κ1) is 12.8. The molecule has 0 saturated carbocycles. The maximum atomic E-state index is 3.41. The predicted octanol–water partition coefficient (Wildman–Crippen LogP) is 4.24. The molecule has 0 aliphatic carbocycles. The number of benzene rings is 2. The van der Waals surface area contributed by atoms with Crippen LogP contribution in [0.2, 0.25) is 0 Å². The van der Waals surface area contributed by atoms with Gasteiger partial charge in [0.05, 0.1) is 0 Å². The lowest BCUT2D eigenvalue weighted by atomic mass is 10.0. The van der Waals surface area contributed by atoms with Gasteiger partial charge in [-0.3, -0.25) is 0 Å². The Hall–Kier alpha value is -1.60. The minimum absolute atomic E-state index is 1.06. The van der Waals surface area contributed by atoms with Crippen LogP contribution in [-0.4, -0.2) is 13.1 Å². The zero-order valence-corrected chi connectivity index (χ0v) is 11.0. The van der Waals surface area contributed by atoms with Crippen LogP contribution in [0.15, 0.2) is 48.5 Å². The highest BCUT2D eigenvalue weighted by Crippen LogP contribution is 2.19. The zero-order chi connectivity index (χ0) is 12.6. The Morgan fingerprint density at radius 1 is 1.00 bits per heavy atom. The largest absolute Gasteiger partial charge is 0.316 e. The highest BCUT2D eigenvalue weighted by molar-refractivity contribution is 5.90. The van der Waals surface area contributed by atoms with E-state index in [0.717, 1.165) is 19.5 Å². The molecule has 2 rings (SSSR count). The van der Waals surface area contributed by atoms with Crippen LogP contribution in [0.25, 0.3) is 16.8 Å². The molecule has 0 fully saturated rings. The number of rotatable bonds is 6. The lowest BCUT2D eigenvalue weighted by Gasteiger charge is -2.02. The first-order valence-electron chi connectivity index (χ1n) is 6.77. The van der Waals surface area contributed by atoms with Gasteiger partial charge in [0.15, 0.2) is 0 Å². The van der Waals surface area contributed by atoms with Crippen molar-refractivity contribution in [1.82, 2.24) is 5.32 Å². The van der Waals surface area contributed by atoms with Gasteiger partial charge in [-0.1, -0.05) is 61.5 Å². The molecule has 0 unspecified atom stereocenters. The summed E-state index contributed by atoms with van der Waals surface area (Å²) < 4.78 is 0. The minimum atomic E-state index is 1.06. The van der Waals surface area contributed by atoms with Crippen LogP contribution in [0, 0.1) is 0 Å². The second kappa shape index (κ2) is 6.97. The van der Waals surface area contributed by atoms with Crippen molar-refractivity contribution in [1.29, 1.82) is 0 Å². The number of hydrogen-bond donors (Lipinski definition) is 1. The van der Waals surface area contributed by atoms with Gasteiger partial charge in [0.1, 0.15) is 0 Å². The molecule has 0 bridgehead atoms. The Morgan fingerprint density at radius 2 is 1.83 bits per heavy atom. The molecule has 1 N–H and O–H groups in total. The molecule has 0 amide bonds. The topological polar surface area (TPSA) is 12.0 Å². The summed E-state index contributed by atoms with van der Waals surface area (Å²) in [5, 5.41) is 6.05. The Kier molecular flexibility index (Phi) is 4.98. The van der Waals surface area contributed by atoms with Crippen LogP contribution in [0.3, 0.4) is 0 Å². The van der Waals surface area contributed by atoms with E-state index in [2.05, 4.69) is 66.9 Å². The molecule has 0 saturated heterocycles. The SMILES string of the molecule is CCCNCCC=Cc1cccc2ccccc12. The van der Waals surface area contributed by atoms with Crippen molar-refractivity contribution in [3.05, 3.63) is 54.1 Å². The second-order valence-corrected chi connectivity index (χ2v) is 4.51. The summed E-state index contributed by atoms with van der Waals surface area (Å²) in [7, 11) is 0. The minimum Gasteiger partial charge on any atom is -0.316 e. The van der Waals surface area contributed by atoms with Crippen molar-refractivity contribution in [2.24, 2.45) is 0 Å². The van der Waals surface area contributed by atoms with Gasteiger partial charge in [0.2, 0.25) is 0 Å². The molecule has 0 atom stereocenters. The molecule has 0 aromatic heterocycles. The van der Waals surface area contributed by atoms with E-state index in [-0.39, 0.29) is 0 Å². The highest BCUT2D eigenvalue weighted by Gasteiger charge is 1.95. The molecular weight excluding hydrogens is 218 g/mol. The fourth-order valence-corrected chi connectivity index (χ4v) is 2.09. The average Bonchev–Trinajstić information content (AvgIpc) is 2.43. The molecule has 0 radical (unpaired) electrons. The normalized spacial score (nSPS) is 11.4. The fraction of sp³-hybridized carbons (Fsp3) is 0.294. The standard InChI is InChI=1S/C17H21N/c1-2-13-18-14-6-5-9-16-11-7-10-15-8-3-4-12-17(15)16/h3-5,7-12,18H,2,6,13-14H2,1H3. The van der Waals surface area contributed by atoms with Crippen molar-refractivity contribution < 1.29 is 0 Å². The van der Waals surface area contributed by atoms with E-state index in [0.29, 0.717) is 0 Å². The molecule has 2 aromatic rings. The van der Waals surface area contributed by atoms with E-state index >= 15 is 0 Å². The van der Waals surface area contributed by atoms with Crippen LogP contribution >= 0.6 is 0 Å². The quantitative estimate of drug-likeness (QED) is 0.743. The number of hydrogen-bond acceptors (Lipinski definition) is 1.